The van der Waals surface area contributed by atoms with Crippen molar-refractivity contribution in [2.75, 3.05) is 23.8 Å². The molecule has 1 aliphatic heterocycles. The second-order valence-electron chi connectivity index (χ2n) is 6.05. The van der Waals surface area contributed by atoms with Crippen molar-refractivity contribution in [2.45, 2.75) is 25.8 Å². The molecular weight excluding hydrogens is 388 g/mol. The zero-order valence-electron chi connectivity index (χ0n) is 15.0. The molecule has 1 saturated heterocycles. The average molecular weight is 406 g/mol. The number of rotatable bonds is 6. The van der Waals surface area contributed by atoms with Crippen LogP contribution in [0.2, 0.25) is 0 Å². The molecule has 0 unspecified atom stereocenters. The Balaban J connectivity index is 1.78. The molecule has 0 saturated carbocycles. The van der Waals surface area contributed by atoms with Crippen LogP contribution in [0.25, 0.3) is 0 Å². The highest BCUT2D eigenvalue weighted by atomic mass is 32.1. The number of benzene rings is 1. The summed E-state index contributed by atoms with van der Waals surface area (Å²) in [5.41, 5.74) is 0.829. The Morgan fingerprint density at radius 2 is 2.11 bits per heavy atom. The van der Waals surface area contributed by atoms with Crippen molar-refractivity contribution in [3.05, 3.63) is 40.1 Å². The molecule has 0 atom stereocenters. The van der Waals surface area contributed by atoms with Gasteiger partial charge in [-0.3, -0.25) is 25.0 Å². The molecular formula is C17H18N4O6S. The third kappa shape index (κ3) is 5.02. The van der Waals surface area contributed by atoms with Crippen molar-refractivity contribution in [1.82, 2.24) is 4.98 Å². The maximum atomic E-state index is 12.6. The number of nitrogens with zero attached hydrogens (tertiary/aromatic N) is 2. The Bertz CT molecular complexity index is 894. The van der Waals surface area contributed by atoms with E-state index in [1.165, 1.54) is 13.0 Å². The van der Waals surface area contributed by atoms with Gasteiger partial charge in [-0.1, -0.05) is 0 Å². The third-order valence-corrected chi connectivity index (χ3v) is 4.83. The van der Waals surface area contributed by atoms with Crippen LogP contribution in [0, 0.1) is 10.1 Å². The standard InChI is InChI=1S/C17H18N4O6S/c1-10(22)27-14-8-12(19-11-4-6-26-7-5-11)2-3-13(14)16(23)20-17-18-9-15(28-17)21(24)25/h2-3,8-9,11,19H,4-7H2,1H3,(H,18,20,23). The van der Waals surface area contributed by atoms with Gasteiger partial charge in [0, 0.05) is 37.9 Å². The fourth-order valence-corrected chi connectivity index (χ4v) is 3.32. The van der Waals surface area contributed by atoms with Crippen LogP contribution in [-0.2, 0) is 9.53 Å². The van der Waals surface area contributed by atoms with Crippen LogP contribution in [0.3, 0.4) is 0 Å². The molecule has 10 nitrogen and oxygen atoms in total. The van der Waals surface area contributed by atoms with Gasteiger partial charge >= 0.3 is 11.0 Å². The third-order valence-electron chi connectivity index (χ3n) is 3.97. The maximum Gasteiger partial charge on any atom is 0.345 e. The van der Waals surface area contributed by atoms with Crippen molar-refractivity contribution in [1.29, 1.82) is 0 Å². The first-order chi connectivity index (χ1) is 13.4. The van der Waals surface area contributed by atoms with Gasteiger partial charge in [0.25, 0.3) is 5.91 Å². The zero-order valence-corrected chi connectivity index (χ0v) is 15.8. The lowest BCUT2D eigenvalue weighted by Gasteiger charge is -2.24. The largest absolute Gasteiger partial charge is 0.426 e. The number of aromatic nitrogens is 1. The summed E-state index contributed by atoms with van der Waals surface area (Å²) in [6, 6.07) is 5.05. The van der Waals surface area contributed by atoms with Crippen LogP contribution < -0.4 is 15.4 Å². The van der Waals surface area contributed by atoms with Gasteiger partial charge in [0.1, 0.15) is 11.9 Å². The Morgan fingerprint density at radius 1 is 1.36 bits per heavy atom. The summed E-state index contributed by atoms with van der Waals surface area (Å²) >= 11 is 0.736. The van der Waals surface area contributed by atoms with Crippen LogP contribution in [0.5, 0.6) is 5.75 Å². The monoisotopic (exact) mass is 406 g/mol. The molecule has 1 aromatic heterocycles. The molecule has 1 amide bonds. The minimum Gasteiger partial charge on any atom is -0.426 e. The molecule has 3 rings (SSSR count). The predicted molar refractivity (Wildman–Crippen MR) is 102 cm³/mol. The highest BCUT2D eigenvalue weighted by molar-refractivity contribution is 7.18. The quantitative estimate of drug-likeness (QED) is 0.324. The van der Waals surface area contributed by atoms with E-state index in [1.807, 2.05) is 0 Å². The molecule has 2 heterocycles. The van der Waals surface area contributed by atoms with Gasteiger partial charge in [-0.15, -0.1) is 0 Å². The van der Waals surface area contributed by atoms with Crippen molar-refractivity contribution < 1.29 is 24.0 Å². The number of esters is 1. The minimum absolute atomic E-state index is 0.0786. The smallest absolute Gasteiger partial charge is 0.345 e. The van der Waals surface area contributed by atoms with Crippen LogP contribution in [0.1, 0.15) is 30.1 Å². The second-order valence-corrected chi connectivity index (χ2v) is 7.06. The average Bonchev–Trinajstić information content (AvgIpc) is 3.11. The SMILES string of the molecule is CC(=O)Oc1cc(NC2CCOCC2)ccc1C(=O)Nc1ncc([N+](=O)[O-])s1. The van der Waals surface area contributed by atoms with E-state index in [-0.39, 0.29) is 27.5 Å². The minimum atomic E-state index is -0.589. The van der Waals surface area contributed by atoms with E-state index in [2.05, 4.69) is 15.6 Å². The Hall–Kier alpha value is -3.05. The van der Waals surface area contributed by atoms with E-state index in [9.17, 15) is 19.7 Å². The molecule has 2 aromatic rings. The van der Waals surface area contributed by atoms with Crippen LogP contribution in [0.4, 0.5) is 15.8 Å². The van der Waals surface area contributed by atoms with Gasteiger partial charge in [-0.05, 0) is 36.3 Å². The molecule has 2 N–H and O–H groups in total. The van der Waals surface area contributed by atoms with E-state index in [1.54, 1.807) is 12.1 Å². The highest BCUT2D eigenvalue weighted by Gasteiger charge is 2.20. The van der Waals surface area contributed by atoms with Crippen LogP contribution in [0.15, 0.2) is 24.4 Å². The summed E-state index contributed by atoms with van der Waals surface area (Å²) in [6.45, 7) is 2.59. The van der Waals surface area contributed by atoms with Gasteiger partial charge in [-0.2, -0.15) is 0 Å². The highest BCUT2D eigenvalue weighted by Crippen LogP contribution is 2.29. The molecule has 0 bridgehead atoms. The number of nitro groups is 1. The Labute approximate surface area is 164 Å². The van der Waals surface area contributed by atoms with Crippen molar-refractivity contribution in [3.63, 3.8) is 0 Å². The number of anilines is 2. The van der Waals surface area contributed by atoms with Gasteiger partial charge in [0.05, 0.1) is 10.5 Å². The number of hydrogen-bond acceptors (Lipinski definition) is 9. The molecule has 11 heteroatoms. The fraction of sp³-hybridized carbons (Fsp3) is 0.353. The van der Waals surface area contributed by atoms with Gasteiger partial charge in [0.2, 0.25) is 0 Å². The molecule has 0 spiro atoms. The molecule has 0 aliphatic carbocycles. The van der Waals surface area contributed by atoms with Gasteiger partial charge in [0.15, 0.2) is 5.13 Å². The zero-order chi connectivity index (χ0) is 20.1. The van der Waals surface area contributed by atoms with Crippen molar-refractivity contribution in [2.24, 2.45) is 0 Å². The number of nitrogens with one attached hydrogen (secondary N) is 2. The number of thiazole rings is 1. The summed E-state index contributed by atoms with van der Waals surface area (Å²) in [6.07, 6.45) is 2.77. The van der Waals surface area contributed by atoms with Crippen molar-refractivity contribution in [3.8, 4) is 5.75 Å². The molecule has 148 valence electrons. The normalized spacial score (nSPS) is 14.3. The first-order valence-corrected chi connectivity index (χ1v) is 9.32. The molecule has 0 radical (unpaired) electrons. The summed E-state index contributed by atoms with van der Waals surface area (Å²) in [5.74, 6) is -1.06. The topological polar surface area (TPSA) is 133 Å². The van der Waals surface area contributed by atoms with Gasteiger partial charge in [-0.25, -0.2) is 4.98 Å². The van der Waals surface area contributed by atoms with E-state index >= 15 is 0 Å². The Kier molecular flexibility index (Phi) is 6.16. The Morgan fingerprint density at radius 3 is 2.75 bits per heavy atom. The number of ether oxygens (including phenoxy) is 2. The molecule has 1 aromatic carbocycles. The van der Waals surface area contributed by atoms with E-state index in [4.69, 9.17) is 9.47 Å². The molecule has 28 heavy (non-hydrogen) atoms. The van der Waals surface area contributed by atoms with Crippen molar-refractivity contribution >= 4 is 39.0 Å². The summed E-state index contributed by atoms with van der Waals surface area (Å²) < 4.78 is 10.5. The van der Waals surface area contributed by atoms with Crippen LogP contribution >= 0.6 is 11.3 Å². The summed E-state index contributed by atoms with van der Waals surface area (Å²) in [7, 11) is 0. The summed E-state index contributed by atoms with van der Waals surface area (Å²) in [4.78, 5) is 38.0. The fourth-order valence-electron chi connectivity index (χ4n) is 2.69. The molecule has 1 fully saturated rings. The lowest BCUT2D eigenvalue weighted by atomic mass is 10.1. The molecule has 1 aliphatic rings. The second kappa shape index (κ2) is 8.76. The number of carbonyl (C=O) groups is 2. The predicted octanol–water partition coefficient (Wildman–Crippen LogP) is 2.82. The van der Waals surface area contributed by atoms with Crippen LogP contribution in [-0.4, -0.2) is 41.0 Å². The number of amides is 1. The van der Waals surface area contributed by atoms with E-state index in [0.717, 1.165) is 30.4 Å². The number of hydrogen-bond donors (Lipinski definition) is 2. The summed E-state index contributed by atoms with van der Waals surface area (Å²) in [5, 5.41) is 16.4. The first kappa shape index (κ1) is 19.7. The van der Waals surface area contributed by atoms with Gasteiger partial charge < -0.3 is 14.8 Å². The first-order valence-electron chi connectivity index (χ1n) is 8.50. The van der Waals surface area contributed by atoms with E-state index in [0.29, 0.717) is 18.9 Å². The lowest BCUT2D eigenvalue weighted by molar-refractivity contribution is -0.380. The number of carbonyl (C=O) groups excluding carboxylic acids is 2. The maximum absolute atomic E-state index is 12.6. The van der Waals surface area contributed by atoms with E-state index < -0.39 is 16.8 Å². The lowest BCUT2D eigenvalue weighted by Crippen LogP contribution is -2.27.